The molecule has 0 aliphatic carbocycles. The highest BCUT2D eigenvalue weighted by Gasteiger charge is 2.17. The van der Waals surface area contributed by atoms with Crippen molar-refractivity contribution in [2.24, 2.45) is 0 Å². The largest absolute Gasteiger partial charge is 0.0590 e. The Labute approximate surface area is 195 Å². The van der Waals surface area contributed by atoms with Gasteiger partial charge in [-0.3, -0.25) is 0 Å². The minimum atomic E-state index is 1.30. The van der Waals surface area contributed by atoms with E-state index < -0.39 is 0 Å². The maximum Gasteiger partial charge on any atom is -0.00177 e. The Balaban J connectivity index is 1.78. The molecular weight excluding hydrogens is 396 g/mol. The van der Waals surface area contributed by atoms with Gasteiger partial charge in [0.25, 0.3) is 0 Å². The third-order valence-electron chi connectivity index (χ3n) is 7.35. The zero-order valence-electron chi connectivity index (χ0n) is 20.0. The van der Waals surface area contributed by atoms with Crippen LogP contribution < -0.4 is 0 Å². The second-order valence-electron chi connectivity index (χ2n) is 9.74. The first-order valence-electron chi connectivity index (χ1n) is 11.8. The van der Waals surface area contributed by atoms with Crippen molar-refractivity contribution >= 4 is 32.3 Å². The van der Waals surface area contributed by atoms with Crippen LogP contribution >= 0.6 is 0 Å². The van der Waals surface area contributed by atoms with Gasteiger partial charge < -0.3 is 0 Å². The van der Waals surface area contributed by atoms with E-state index in [0.717, 1.165) is 0 Å². The molecule has 6 aromatic rings. The van der Waals surface area contributed by atoms with Crippen LogP contribution in [0.25, 0.3) is 54.6 Å². The minimum Gasteiger partial charge on any atom is -0.0590 e. The molecule has 0 atom stereocenters. The molecule has 6 rings (SSSR count). The van der Waals surface area contributed by atoms with Crippen LogP contribution in [0.3, 0.4) is 0 Å². The SMILES string of the molecule is Cc1ccc(C)c(-c2ccc3ccc4c(-c5cc(C)ccc5C)cc(C)c5ccc2c3c54)c1. The van der Waals surface area contributed by atoms with Crippen LogP contribution in [0.5, 0.6) is 0 Å². The summed E-state index contributed by atoms with van der Waals surface area (Å²) in [5.74, 6) is 0. The quantitative estimate of drug-likeness (QED) is 0.243. The van der Waals surface area contributed by atoms with E-state index in [1.807, 2.05) is 0 Å². The molecule has 0 spiro atoms. The molecule has 0 unspecified atom stereocenters. The summed E-state index contributed by atoms with van der Waals surface area (Å²) < 4.78 is 0. The van der Waals surface area contributed by atoms with Gasteiger partial charge in [0.15, 0.2) is 0 Å². The van der Waals surface area contributed by atoms with Crippen molar-refractivity contribution in [2.45, 2.75) is 34.6 Å². The molecular formula is C33H28. The van der Waals surface area contributed by atoms with Crippen molar-refractivity contribution in [1.29, 1.82) is 0 Å². The summed E-state index contributed by atoms with van der Waals surface area (Å²) in [6, 6.07) is 29.9. The van der Waals surface area contributed by atoms with E-state index in [2.05, 4.69) is 113 Å². The standard InChI is InChI=1S/C33H28/c1-19-6-8-21(3)29(16-19)26-12-10-24-11-13-28-31(30-17-20(2)7-9-22(30)4)18-23(5)25-14-15-27(26)32(24)33(25)28/h6-18H,1-5H3. The molecule has 0 bridgehead atoms. The number of benzene rings is 6. The smallest absolute Gasteiger partial charge is 0.00177 e. The number of rotatable bonds is 2. The first kappa shape index (κ1) is 20.0. The molecule has 0 aliphatic rings. The normalized spacial score (nSPS) is 11.8. The predicted octanol–water partition coefficient (Wildman–Crippen LogP) is 9.46. The Morgan fingerprint density at radius 1 is 0.364 bits per heavy atom. The number of hydrogen-bond donors (Lipinski definition) is 0. The minimum absolute atomic E-state index is 1.30. The van der Waals surface area contributed by atoms with Crippen LogP contribution in [0.1, 0.15) is 27.8 Å². The molecule has 0 amide bonds. The fourth-order valence-corrected chi connectivity index (χ4v) is 5.58. The zero-order valence-corrected chi connectivity index (χ0v) is 20.0. The highest BCUT2D eigenvalue weighted by atomic mass is 14.2. The maximum atomic E-state index is 2.38. The third kappa shape index (κ3) is 2.98. The topological polar surface area (TPSA) is 0 Å². The van der Waals surface area contributed by atoms with Crippen molar-refractivity contribution in [3.05, 3.63) is 107 Å². The molecule has 0 N–H and O–H groups in total. The Morgan fingerprint density at radius 2 is 0.909 bits per heavy atom. The summed E-state index contributed by atoms with van der Waals surface area (Å²) in [6.07, 6.45) is 0. The lowest BCUT2D eigenvalue weighted by Gasteiger charge is -2.19. The van der Waals surface area contributed by atoms with Gasteiger partial charge in [0.1, 0.15) is 0 Å². The van der Waals surface area contributed by atoms with Gasteiger partial charge in [0, 0.05) is 0 Å². The Kier molecular flexibility index (Phi) is 4.35. The summed E-state index contributed by atoms with van der Waals surface area (Å²) in [6.45, 7) is 11.1. The van der Waals surface area contributed by atoms with Crippen molar-refractivity contribution in [2.75, 3.05) is 0 Å². The lowest BCUT2D eigenvalue weighted by molar-refractivity contribution is 1.39. The molecule has 0 saturated heterocycles. The van der Waals surface area contributed by atoms with E-state index in [0.29, 0.717) is 0 Å². The highest BCUT2D eigenvalue weighted by molar-refractivity contribution is 6.28. The van der Waals surface area contributed by atoms with E-state index >= 15 is 0 Å². The van der Waals surface area contributed by atoms with Gasteiger partial charge in [-0.1, -0.05) is 90.0 Å². The average molecular weight is 425 g/mol. The van der Waals surface area contributed by atoms with Crippen molar-refractivity contribution in [1.82, 2.24) is 0 Å². The van der Waals surface area contributed by atoms with E-state index in [9.17, 15) is 0 Å². The van der Waals surface area contributed by atoms with E-state index in [1.165, 1.54) is 82.4 Å². The van der Waals surface area contributed by atoms with Gasteiger partial charge in [-0.05, 0) is 106 Å². The van der Waals surface area contributed by atoms with Crippen LogP contribution in [0.4, 0.5) is 0 Å². The Hall–Kier alpha value is -3.64. The van der Waals surface area contributed by atoms with Crippen molar-refractivity contribution < 1.29 is 0 Å². The molecule has 0 aliphatic heterocycles. The van der Waals surface area contributed by atoms with E-state index in [-0.39, 0.29) is 0 Å². The van der Waals surface area contributed by atoms with Crippen LogP contribution in [-0.2, 0) is 0 Å². The molecule has 0 heterocycles. The lowest BCUT2D eigenvalue weighted by atomic mass is 9.84. The Morgan fingerprint density at radius 3 is 1.61 bits per heavy atom. The third-order valence-corrected chi connectivity index (χ3v) is 7.35. The lowest BCUT2D eigenvalue weighted by Crippen LogP contribution is -1.93. The van der Waals surface area contributed by atoms with Crippen LogP contribution in [0.15, 0.2) is 78.9 Å². The van der Waals surface area contributed by atoms with Gasteiger partial charge >= 0.3 is 0 Å². The van der Waals surface area contributed by atoms with Crippen molar-refractivity contribution in [3.63, 3.8) is 0 Å². The summed E-state index contributed by atoms with van der Waals surface area (Å²) in [5, 5.41) is 8.15. The second kappa shape index (κ2) is 7.18. The number of aryl methyl sites for hydroxylation is 5. The molecule has 0 radical (unpaired) electrons. The molecule has 0 saturated carbocycles. The summed E-state index contributed by atoms with van der Waals surface area (Å²) in [7, 11) is 0. The monoisotopic (exact) mass is 424 g/mol. The van der Waals surface area contributed by atoms with E-state index in [4.69, 9.17) is 0 Å². The molecule has 0 fully saturated rings. The zero-order chi connectivity index (χ0) is 22.9. The van der Waals surface area contributed by atoms with Gasteiger partial charge in [0.05, 0.1) is 0 Å². The van der Waals surface area contributed by atoms with Crippen LogP contribution in [0.2, 0.25) is 0 Å². The summed E-state index contributed by atoms with van der Waals surface area (Å²) >= 11 is 0. The van der Waals surface area contributed by atoms with Crippen LogP contribution in [-0.4, -0.2) is 0 Å². The Bertz CT molecular complexity index is 1700. The highest BCUT2D eigenvalue weighted by Crippen LogP contribution is 2.44. The molecule has 0 nitrogen and oxygen atoms in total. The second-order valence-corrected chi connectivity index (χ2v) is 9.74. The molecule has 6 aromatic carbocycles. The fourth-order valence-electron chi connectivity index (χ4n) is 5.58. The maximum absolute atomic E-state index is 2.38. The summed E-state index contributed by atoms with van der Waals surface area (Å²) in [4.78, 5) is 0. The fraction of sp³-hybridized carbons (Fsp3) is 0.152. The first-order valence-corrected chi connectivity index (χ1v) is 11.8. The number of hydrogen-bond acceptors (Lipinski definition) is 0. The van der Waals surface area contributed by atoms with E-state index in [1.54, 1.807) is 0 Å². The van der Waals surface area contributed by atoms with Crippen LogP contribution in [0, 0.1) is 34.6 Å². The first-order chi connectivity index (χ1) is 15.9. The van der Waals surface area contributed by atoms with Crippen molar-refractivity contribution in [3.8, 4) is 22.3 Å². The molecule has 0 heteroatoms. The van der Waals surface area contributed by atoms with Gasteiger partial charge in [-0.15, -0.1) is 0 Å². The van der Waals surface area contributed by atoms with Gasteiger partial charge in [-0.2, -0.15) is 0 Å². The van der Waals surface area contributed by atoms with Gasteiger partial charge in [0.2, 0.25) is 0 Å². The summed E-state index contributed by atoms with van der Waals surface area (Å²) in [5.41, 5.74) is 11.9. The molecule has 160 valence electrons. The molecule has 0 aromatic heterocycles. The van der Waals surface area contributed by atoms with Gasteiger partial charge in [-0.25, -0.2) is 0 Å². The molecule has 33 heavy (non-hydrogen) atoms. The predicted molar refractivity (Wildman–Crippen MR) is 145 cm³/mol. The average Bonchev–Trinajstić information content (AvgIpc) is 2.81.